The minimum absolute atomic E-state index is 0.118. The van der Waals surface area contributed by atoms with Crippen molar-refractivity contribution in [3.8, 4) is 5.75 Å². The van der Waals surface area contributed by atoms with Gasteiger partial charge in [0.2, 0.25) is 0 Å². The molecule has 2 fully saturated rings. The standard InChI is InChI=1S/C45H58N4O6/c1-32-15-16-34(30-49-23-9-12-37(31-49)47-36-18-22-41-35(27-36)29-46-48-41)26-44(32)54-24-25-55-45(53)14-8-3-2-7-13-39-40(43(52)28-42(39)51)21-20-38(50)19-17-33-10-5-4-6-11-33/h2,4-7,10-11,15-16,18,20-22,26-27,29,37-40,42-43,47,50-52H,3,8-9,12-14,17,19,23-25,28,30-31H2,1H3,(H,46,48). The molecule has 2 heterocycles. The first-order valence-electron chi connectivity index (χ1n) is 20.0. The van der Waals surface area contributed by atoms with Gasteiger partial charge in [0, 0.05) is 49.0 Å². The van der Waals surface area contributed by atoms with Gasteiger partial charge in [0.05, 0.1) is 30.0 Å². The Hall–Kier alpha value is -4.48. The second-order valence-corrected chi connectivity index (χ2v) is 15.2. The third kappa shape index (κ3) is 12.3. The van der Waals surface area contributed by atoms with Gasteiger partial charge in [-0.1, -0.05) is 66.8 Å². The molecule has 294 valence electrons. The van der Waals surface area contributed by atoms with E-state index in [4.69, 9.17) is 9.47 Å². The van der Waals surface area contributed by atoms with E-state index in [2.05, 4.69) is 56.8 Å². The molecule has 6 unspecified atom stereocenters. The monoisotopic (exact) mass is 750 g/mol. The zero-order valence-electron chi connectivity index (χ0n) is 32.1. The quantitative estimate of drug-likeness (QED) is 0.0394. The molecule has 1 saturated carbocycles. The summed E-state index contributed by atoms with van der Waals surface area (Å²) in [5.74, 6) is 0.240. The molecule has 4 aromatic rings. The number of ether oxygens (including phenoxy) is 2. The summed E-state index contributed by atoms with van der Waals surface area (Å²) in [4.78, 5) is 14.9. The van der Waals surface area contributed by atoms with E-state index in [1.807, 2.05) is 61.7 Å². The Kier molecular flexibility index (Phi) is 14.9. The predicted octanol–water partition coefficient (Wildman–Crippen LogP) is 6.89. The molecule has 2 aliphatic rings. The Morgan fingerprint density at radius 2 is 1.93 bits per heavy atom. The highest BCUT2D eigenvalue weighted by molar-refractivity contribution is 5.81. The van der Waals surface area contributed by atoms with Crippen LogP contribution in [0.1, 0.15) is 68.1 Å². The molecule has 1 aromatic heterocycles. The number of rotatable bonds is 19. The highest BCUT2D eigenvalue weighted by Gasteiger charge is 2.39. The van der Waals surface area contributed by atoms with Crippen LogP contribution in [0.3, 0.4) is 0 Å². The largest absolute Gasteiger partial charge is 0.490 e. The number of fused-ring (bicyclic) bond motifs is 1. The van der Waals surface area contributed by atoms with E-state index in [-0.39, 0.29) is 24.4 Å². The van der Waals surface area contributed by atoms with Crippen LogP contribution in [-0.2, 0) is 22.5 Å². The van der Waals surface area contributed by atoms with Gasteiger partial charge in [0.15, 0.2) is 0 Å². The molecule has 1 aliphatic carbocycles. The number of nitrogens with zero attached hydrogens (tertiary/aromatic N) is 2. The van der Waals surface area contributed by atoms with Crippen molar-refractivity contribution in [2.45, 2.75) is 95.6 Å². The first kappa shape index (κ1) is 40.2. The van der Waals surface area contributed by atoms with Crippen LogP contribution in [0.25, 0.3) is 10.9 Å². The zero-order valence-corrected chi connectivity index (χ0v) is 32.1. The van der Waals surface area contributed by atoms with Crippen molar-refractivity contribution in [2.24, 2.45) is 11.8 Å². The Morgan fingerprint density at radius 1 is 1.05 bits per heavy atom. The summed E-state index contributed by atoms with van der Waals surface area (Å²) in [5, 5.41) is 43.6. The first-order valence-corrected chi connectivity index (χ1v) is 20.0. The van der Waals surface area contributed by atoms with Crippen LogP contribution in [0, 0.1) is 18.8 Å². The lowest BCUT2D eigenvalue weighted by atomic mass is 9.89. The Morgan fingerprint density at radius 3 is 2.80 bits per heavy atom. The fourth-order valence-electron chi connectivity index (χ4n) is 7.87. The molecule has 6 atom stereocenters. The van der Waals surface area contributed by atoms with Gasteiger partial charge in [-0.3, -0.25) is 14.8 Å². The minimum atomic E-state index is -0.635. The minimum Gasteiger partial charge on any atom is -0.490 e. The maximum atomic E-state index is 12.4. The highest BCUT2D eigenvalue weighted by Crippen LogP contribution is 2.36. The topological polar surface area (TPSA) is 140 Å². The molecule has 1 aliphatic heterocycles. The summed E-state index contributed by atoms with van der Waals surface area (Å²) < 4.78 is 11.5. The van der Waals surface area contributed by atoms with Gasteiger partial charge in [-0.25, -0.2) is 0 Å². The van der Waals surface area contributed by atoms with E-state index in [0.717, 1.165) is 73.2 Å². The van der Waals surface area contributed by atoms with Gasteiger partial charge in [-0.2, -0.15) is 5.10 Å². The van der Waals surface area contributed by atoms with Gasteiger partial charge in [-0.05, 0) is 105 Å². The Bertz CT molecular complexity index is 1840. The van der Waals surface area contributed by atoms with Crippen LogP contribution in [-0.4, -0.2) is 87.0 Å². The average Bonchev–Trinajstić information content (AvgIpc) is 3.76. The number of anilines is 1. The number of likely N-dealkylation sites (tertiary alicyclic amines) is 1. The maximum Gasteiger partial charge on any atom is 0.305 e. The number of hydrogen-bond donors (Lipinski definition) is 5. The van der Waals surface area contributed by atoms with Crippen LogP contribution in [0.2, 0.25) is 0 Å². The van der Waals surface area contributed by atoms with Crippen molar-refractivity contribution in [3.05, 3.63) is 114 Å². The maximum absolute atomic E-state index is 12.4. The number of carbonyl (C=O) groups excluding carboxylic acids is 1. The van der Waals surface area contributed by atoms with E-state index < -0.39 is 18.3 Å². The van der Waals surface area contributed by atoms with Gasteiger partial charge in [0.1, 0.15) is 19.0 Å². The van der Waals surface area contributed by atoms with Crippen molar-refractivity contribution < 1.29 is 29.6 Å². The number of unbranched alkanes of at least 4 members (excludes halogenated alkanes) is 1. The number of hydrogen-bond acceptors (Lipinski definition) is 9. The van der Waals surface area contributed by atoms with Crippen molar-refractivity contribution in [1.29, 1.82) is 0 Å². The number of H-pyrrole nitrogens is 1. The van der Waals surface area contributed by atoms with Crippen LogP contribution < -0.4 is 10.1 Å². The third-order valence-electron chi connectivity index (χ3n) is 10.9. The molecule has 0 spiro atoms. The summed E-state index contributed by atoms with van der Waals surface area (Å²) in [5.41, 5.74) is 5.59. The molecule has 5 N–H and O–H groups in total. The summed E-state index contributed by atoms with van der Waals surface area (Å²) in [6.07, 6.45) is 14.0. The van der Waals surface area contributed by atoms with E-state index in [9.17, 15) is 20.1 Å². The van der Waals surface area contributed by atoms with Crippen molar-refractivity contribution in [3.63, 3.8) is 0 Å². The molecule has 10 nitrogen and oxygen atoms in total. The van der Waals surface area contributed by atoms with E-state index in [1.165, 1.54) is 11.1 Å². The Labute approximate surface area is 325 Å². The zero-order chi connectivity index (χ0) is 38.4. The lowest BCUT2D eigenvalue weighted by Crippen LogP contribution is -2.41. The number of aromatic amines is 1. The number of aromatic nitrogens is 2. The molecule has 3 aromatic carbocycles. The molecule has 0 bridgehead atoms. The predicted molar refractivity (Wildman–Crippen MR) is 217 cm³/mol. The molecular weight excluding hydrogens is 693 g/mol. The number of aryl methyl sites for hydroxylation is 2. The number of aliphatic hydroxyl groups is 3. The highest BCUT2D eigenvalue weighted by atomic mass is 16.6. The molecule has 1 saturated heterocycles. The summed E-state index contributed by atoms with van der Waals surface area (Å²) in [6.45, 7) is 5.39. The van der Waals surface area contributed by atoms with Crippen molar-refractivity contribution in [2.75, 3.05) is 31.6 Å². The van der Waals surface area contributed by atoms with Gasteiger partial charge < -0.3 is 30.1 Å². The van der Waals surface area contributed by atoms with Gasteiger partial charge in [0.25, 0.3) is 0 Å². The van der Waals surface area contributed by atoms with Crippen LogP contribution >= 0.6 is 0 Å². The third-order valence-corrected chi connectivity index (χ3v) is 10.9. The number of benzene rings is 3. The van der Waals surface area contributed by atoms with Crippen LogP contribution in [0.4, 0.5) is 5.69 Å². The SMILES string of the molecule is Cc1ccc(CN2CCCC(Nc3ccc4[nH]ncc4c3)C2)cc1OCCOC(=O)CCCC=CCC1C(O)CC(O)C1C=CC(O)CCc1ccccc1. The number of allylic oxidation sites excluding steroid dienone is 2. The number of nitrogens with one attached hydrogen (secondary N) is 2. The van der Waals surface area contributed by atoms with Crippen molar-refractivity contribution >= 4 is 22.6 Å². The van der Waals surface area contributed by atoms with E-state index >= 15 is 0 Å². The molecule has 0 radical (unpaired) electrons. The number of esters is 1. The molecule has 0 amide bonds. The van der Waals surface area contributed by atoms with Crippen molar-refractivity contribution in [1.82, 2.24) is 15.1 Å². The fourth-order valence-corrected chi connectivity index (χ4v) is 7.87. The normalized spacial score (nSPS) is 22.4. The molecule has 55 heavy (non-hydrogen) atoms. The lowest BCUT2D eigenvalue weighted by molar-refractivity contribution is -0.144. The van der Waals surface area contributed by atoms with Crippen LogP contribution in [0.5, 0.6) is 5.75 Å². The lowest BCUT2D eigenvalue weighted by Gasteiger charge is -2.33. The van der Waals surface area contributed by atoms with E-state index in [1.54, 1.807) is 6.08 Å². The number of aliphatic hydroxyl groups excluding tert-OH is 3. The molecule has 10 heteroatoms. The van der Waals surface area contributed by atoms with Crippen LogP contribution in [0.15, 0.2) is 97.2 Å². The molecular formula is C45H58N4O6. The summed E-state index contributed by atoms with van der Waals surface area (Å²) >= 11 is 0. The van der Waals surface area contributed by atoms with Gasteiger partial charge in [-0.15, -0.1) is 0 Å². The summed E-state index contributed by atoms with van der Waals surface area (Å²) in [6, 6.07) is 23.1. The number of piperidine rings is 1. The number of carbonyl (C=O) groups is 1. The second kappa shape index (κ2) is 20.4. The van der Waals surface area contributed by atoms with Gasteiger partial charge >= 0.3 is 5.97 Å². The second-order valence-electron chi connectivity index (χ2n) is 15.2. The fraction of sp³-hybridized carbons (Fsp3) is 0.467. The summed E-state index contributed by atoms with van der Waals surface area (Å²) in [7, 11) is 0. The first-order chi connectivity index (χ1) is 26.8. The smallest absolute Gasteiger partial charge is 0.305 e. The van der Waals surface area contributed by atoms with E-state index in [0.29, 0.717) is 44.8 Å². The molecule has 6 rings (SSSR count). The Balaban J connectivity index is 0.850. The average molecular weight is 751 g/mol.